The lowest BCUT2D eigenvalue weighted by Gasteiger charge is -2.38. The second kappa shape index (κ2) is 8.10. The summed E-state index contributed by atoms with van der Waals surface area (Å²) in [5.41, 5.74) is 7.62. The number of halogens is 1. The van der Waals surface area contributed by atoms with Crippen molar-refractivity contribution in [2.75, 3.05) is 0 Å². The maximum absolute atomic E-state index is 12.2. The van der Waals surface area contributed by atoms with Crippen molar-refractivity contribution < 1.29 is 9.59 Å². The first kappa shape index (κ1) is 19.4. The Morgan fingerprint density at radius 1 is 1.19 bits per heavy atom. The lowest BCUT2D eigenvalue weighted by molar-refractivity contribution is -0.129. The number of rotatable bonds is 6. The second-order valence-electron chi connectivity index (χ2n) is 8.36. The smallest absolute Gasteiger partial charge is 0.220 e. The van der Waals surface area contributed by atoms with Crippen LogP contribution < -0.4 is 11.1 Å². The van der Waals surface area contributed by atoms with Gasteiger partial charge in [0.15, 0.2) is 0 Å². The number of carbonyl (C=O) groups excluding carboxylic acids is 2. The van der Waals surface area contributed by atoms with E-state index in [4.69, 9.17) is 17.3 Å². The molecule has 0 spiro atoms. The molecule has 5 heteroatoms. The molecule has 1 amide bonds. The van der Waals surface area contributed by atoms with Crippen LogP contribution >= 0.6 is 11.6 Å². The molecule has 0 bridgehead atoms. The quantitative estimate of drug-likeness (QED) is 0.796. The van der Waals surface area contributed by atoms with E-state index >= 15 is 0 Å². The fourth-order valence-corrected chi connectivity index (χ4v) is 4.43. The Morgan fingerprint density at radius 3 is 2.38 bits per heavy atom. The zero-order valence-electron chi connectivity index (χ0n) is 15.5. The molecule has 2 fully saturated rings. The summed E-state index contributed by atoms with van der Waals surface area (Å²) in [4.78, 5) is 23.5. The van der Waals surface area contributed by atoms with Crippen molar-refractivity contribution in [1.82, 2.24) is 5.32 Å². The highest BCUT2D eigenvalue weighted by atomic mass is 35.5. The van der Waals surface area contributed by atoms with Gasteiger partial charge in [0, 0.05) is 28.9 Å². The van der Waals surface area contributed by atoms with E-state index in [9.17, 15) is 9.59 Å². The molecule has 4 nitrogen and oxygen atoms in total. The Hall–Kier alpha value is -1.39. The summed E-state index contributed by atoms with van der Waals surface area (Å²) in [5.74, 6) is 0.956. The largest absolute Gasteiger partial charge is 0.353 e. The minimum absolute atomic E-state index is 0.129. The van der Waals surface area contributed by atoms with Crippen LogP contribution in [0.1, 0.15) is 57.4 Å². The molecule has 3 N–H and O–H groups in total. The van der Waals surface area contributed by atoms with Crippen molar-refractivity contribution >= 4 is 23.3 Å². The number of benzene rings is 1. The molecular formula is C21H29ClN2O2. The van der Waals surface area contributed by atoms with Gasteiger partial charge in [-0.25, -0.2) is 0 Å². The predicted octanol–water partition coefficient (Wildman–Crippen LogP) is 3.64. The first-order valence-electron chi connectivity index (χ1n) is 9.66. The standard InChI is InChI=1S/C21H29ClN2O2/c1-14(25)17-10-16(11-17)12-20(26)24-19-6-8-21(23,9-7-19)13-15-2-4-18(22)5-3-15/h2-5,16-17,19H,6-13,23H2,1H3,(H,24,26). The highest BCUT2D eigenvalue weighted by Gasteiger charge is 2.35. The Morgan fingerprint density at radius 2 is 1.81 bits per heavy atom. The molecule has 0 aliphatic heterocycles. The predicted molar refractivity (Wildman–Crippen MR) is 104 cm³/mol. The molecule has 0 radical (unpaired) electrons. The van der Waals surface area contributed by atoms with Crippen LogP contribution in [0.4, 0.5) is 0 Å². The lowest BCUT2D eigenvalue weighted by Crippen LogP contribution is -2.50. The van der Waals surface area contributed by atoms with Gasteiger partial charge < -0.3 is 11.1 Å². The molecular weight excluding hydrogens is 348 g/mol. The number of hydrogen-bond acceptors (Lipinski definition) is 3. The van der Waals surface area contributed by atoms with E-state index in [1.54, 1.807) is 6.92 Å². The van der Waals surface area contributed by atoms with Crippen LogP contribution in [-0.4, -0.2) is 23.3 Å². The summed E-state index contributed by atoms with van der Waals surface area (Å²) in [7, 11) is 0. The van der Waals surface area contributed by atoms with Crippen molar-refractivity contribution in [3.8, 4) is 0 Å². The number of carbonyl (C=O) groups is 2. The minimum atomic E-state index is -0.197. The molecule has 0 atom stereocenters. The zero-order chi connectivity index (χ0) is 18.7. The highest BCUT2D eigenvalue weighted by Crippen LogP contribution is 2.37. The number of nitrogens with two attached hydrogens (primary N) is 1. The Kier molecular flexibility index (Phi) is 6.03. The van der Waals surface area contributed by atoms with Crippen LogP contribution in [0.3, 0.4) is 0 Å². The fourth-order valence-electron chi connectivity index (χ4n) is 4.31. The molecule has 3 rings (SSSR count). The van der Waals surface area contributed by atoms with Gasteiger partial charge in [-0.2, -0.15) is 0 Å². The van der Waals surface area contributed by atoms with E-state index in [0.29, 0.717) is 12.3 Å². The second-order valence-corrected chi connectivity index (χ2v) is 8.79. The zero-order valence-corrected chi connectivity index (χ0v) is 16.2. The lowest BCUT2D eigenvalue weighted by atomic mass is 9.71. The van der Waals surface area contributed by atoms with Crippen molar-refractivity contribution in [2.45, 2.75) is 69.9 Å². The van der Waals surface area contributed by atoms with Crippen LogP contribution in [0, 0.1) is 11.8 Å². The molecule has 0 unspecified atom stereocenters. The number of nitrogens with one attached hydrogen (secondary N) is 1. The van der Waals surface area contributed by atoms with Gasteiger partial charge in [-0.15, -0.1) is 0 Å². The van der Waals surface area contributed by atoms with Gasteiger partial charge in [0.1, 0.15) is 5.78 Å². The van der Waals surface area contributed by atoms with Crippen LogP contribution in [0.2, 0.25) is 5.02 Å². The summed E-state index contributed by atoms with van der Waals surface area (Å²) in [6.45, 7) is 1.64. The summed E-state index contributed by atoms with van der Waals surface area (Å²) in [5, 5.41) is 3.92. The third-order valence-corrected chi connectivity index (χ3v) is 6.35. The average Bonchev–Trinajstić information content (AvgIpc) is 2.55. The SMILES string of the molecule is CC(=O)C1CC(CC(=O)NC2CCC(N)(Cc3ccc(Cl)cc3)CC2)C1. The van der Waals surface area contributed by atoms with Crippen molar-refractivity contribution in [3.05, 3.63) is 34.9 Å². The topological polar surface area (TPSA) is 72.2 Å². The normalized spacial score (nSPS) is 31.1. The van der Waals surface area contributed by atoms with E-state index in [0.717, 1.165) is 50.0 Å². The number of hydrogen-bond donors (Lipinski definition) is 2. The molecule has 0 saturated heterocycles. The Bertz CT molecular complexity index is 644. The maximum atomic E-state index is 12.2. The molecule has 2 saturated carbocycles. The van der Waals surface area contributed by atoms with Gasteiger partial charge >= 0.3 is 0 Å². The van der Waals surface area contributed by atoms with Crippen LogP contribution in [-0.2, 0) is 16.0 Å². The number of ketones is 1. The summed E-state index contributed by atoms with van der Waals surface area (Å²) >= 11 is 5.94. The summed E-state index contributed by atoms with van der Waals surface area (Å²) in [6.07, 6.45) is 6.83. The van der Waals surface area contributed by atoms with E-state index in [1.807, 2.05) is 24.3 Å². The van der Waals surface area contributed by atoms with Gasteiger partial charge in [0.05, 0.1) is 0 Å². The van der Waals surface area contributed by atoms with E-state index in [-0.39, 0.29) is 29.2 Å². The van der Waals surface area contributed by atoms with E-state index < -0.39 is 0 Å². The van der Waals surface area contributed by atoms with Gasteiger partial charge in [0.2, 0.25) is 5.91 Å². The number of amides is 1. The van der Waals surface area contributed by atoms with Crippen molar-refractivity contribution in [2.24, 2.45) is 17.6 Å². The van der Waals surface area contributed by atoms with Crippen molar-refractivity contribution in [3.63, 3.8) is 0 Å². The molecule has 1 aromatic rings. The molecule has 0 aromatic heterocycles. The summed E-state index contributed by atoms with van der Waals surface area (Å²) < 4.78 is 0. The van der Waals surface area contributed by atoms with Crippen LogP contribution in [0.25, 0.3) is 0 Å². The molecule has 0 heterocycles. The Labute approximate surface area is 160 Å². The molecule has 142 valence electrons. The molecule has 2 aliphatic rings. The van der Waals surface area contributed by atoms with Gasteiger partial charge in [-0.3, -0.25) is 9.59 Å². The highest BCUT2D eigenvalue weighted by molar-refractivity contribution is 6.30. The monoisotopic (exact) mass is 376 g/mol. The van der Waals surface area contributed by atoms with Crippen molar-refractivity contribution in [1.29, 1.82) is 0 Å². The maximum Gasteiger partial charge on any atom is 0.220 e. The number of Topliss-reactive ketones (excluding diaryl/α,β-unsaturated/α-hetero) is 1. The van der Waals surface area contributed by atoms with Crippen LogP contribution in [0.15, 0.2) is 24.3 Å². The third kappa shape index (κ3) is 5.08. The Balaban J connectivity index is 1.40. The minimum Gasteiger partial charge on any atom is -0.353 e. The van der Waals surface area contributed by atoms with Gasteiger partial charge in [0.25, 0.3) is 0 Å². The first-order chi connectivity index (χ1) is 12.3. The molecule has 26 heavy (non-hydrogen) atoms. The van der Waals surface area contributed by atoms with E-state index in [2.05, 4.69) is 5.32 Å². The van der Waals surface area contributed by atoms with E-state index in [1.165, 1.54) is 5.56 Å². The van der Waals surface area contributed by atoms with Crippen LogP contribution in [0.5, 0.6) is 0 Å². The fraction of sp³-hybridized carbons (Fsp3) is 0.619. The third-order valence-electron chi connectivity index (χ3n) is 6.10. The van der Waals surface area contributed by atoms with Gasteiger partial charge in [-0.05, 0) is 75.5 Å². The average molecular weight is 377 g/mol. The molecule has 2 aliphatic carbocycles. The first-order valence-corrected chi connectivity index (χ1v) is 10.0. The summed E-state index contributed by atoms with van der Waals surface area (Å²) in [6, 6.07) is 8.12. The van der Waals surface area contributed by atoms with Gasteiger partial charge in [-0.1, -0.05) is 23.7 Å². The molecule has 1 aromatic carbocycles.